The molecular weight excluding hydrogens is 548 g/mol. The second-order valence-corrected chi connectivity index (χ2v) is 10.4. The van der Waals surface area contributed by atoms with Gasteiger partial charge in [0, 0.05) is 13.0 Å². The molecule has 42 heavy (non-hydrogen) atoms. The molecule has 4 atom stereocenters. The summed E-state index contributed by atoms with van der Waals surface area (Å²) < 4.78 is 0. The van der Waals surface area contributed by atoms with E-state index in [4.69, 9.17) is 11.5 Å². The van der Waals surface area contributed by atoms with Gasteiger partial charge in [-0.2, -0.15) is 0 Å². The van der Waals surface area contributed by atoms with Crippen molar-refractivity contribution >= 4 is 41.5 Å². The average molecular weight is 589 g/mol. The van der Waals surface area contributed by atoms with E-state index in [0.29, 0.717) is 12.0 Å². The predicted molar refractivity (Wildman–Crippen MR) is 152 cm³/mol. The van der Waals surface area contributed by atoms with Gasteiger partial charge >= 0.3 is 5.97 Å². The highest BCUT2D eigenvalue weighted by Crippen LogP contribution is 2.10. The van der Waals surface area contributed by atoms with Gasteiger partial charge in [-0.15, -0.1) is 0 Å². The van der Waals surface area contributed by atoms with Crippen molar-refractivity contribution in [2.24, 2.45) is 22.4 Å². The lowest BCUT2D eigenvalue weighted by atomic mass is 10.00. The highest BCUT2D eigenvalue weighted by Gasteiger charge is 2.33. The van der Waals surface area contributed by atoms with Gasteiger partial charge in [0.2, 0.25) is 29.5 Å². The Labute approximate surface area is 243 Å². The molecule has 0 saturated carbocycles. The third-order valence-electron chi connectivity index (χ3n) is 6.29. The maximum atomic E-state index is 13.5. The monoisotopic (exact) mass is 588 g/mol. The zero-order valence-electron chi connectivity index (χ0n) is 23.7. The molecule has 1 fully saturated rings. The third kappa shape index (κ3) is 11.8. The first-order chi connectivity index (χ1) is 19.8. The summed E-state index contributed by atoms with van der Waals surface area (Å²) in [6.07, 6.45) is -0.115. The largest absolute Gasteiger partial charge is 0.481 e. The number of hydrogen-bond donors (Lipinski definition) is 8. The molecule has 0 aliphatic carbocycles. The molecule has 1 aliphatic rings. The Bertz CT molecular complexity index is 1150. The Morgan fingerprint density at radius 3 is 2.10 bits per heavy atom. The molecule has 1 aliphatic heterocycles. The molecule has 5 amide bonds. The molecule has 15 heteroatoms. The van der Waals surface area contributed by atoms with Crippen molar-refractivity contribution in [1.82, 2.24) is 26.6 Å². The van der Waals surface area contributed by atoms with Crippen LogP contribution in [0.25, 0.3) is 0 Å². The summed E-state index contributed by atoms with van der Waals surface area (Å²) >= 11 is 0. The van der Waals surface area contributed by atoms with E-state index in [9.17, 15) is 33.9 Å². The van der Waals surface area contributed by atoms with Gasteiger partial charge in [-0.1, -0.05) is 44.2 Å². The molecule has 0 spiro atoms. The van der Waals surface area contributed by atoms with Crippen LogP contribution in [0.4, 0.5) is 0 Å². The fourth-order valence-corrected chi connectivity index (χ4v) is 4.27. The molecule has 1 unspecified atom stereocenters. The Balaban J connectivity index is 2.44. The van der Waals surface area contributed by atoms with Crippen LogP contribution in [0.1, 0.15) is 45.1 Å². The number of aliphatic carboxylic acids is 1. The molecule has 2 rings (SSSR count). The minimum absolute atomic E-state index is 0.0234. The lowest BCUT2D eigenvalue weighted by molar-refractivity contribution is -0.141. The van der Waals surface area contributed by atoms with Crippen LogP contribution in [0.15, 0.2) is 35.3 Å². The molecule has 0 bridgehead atoms. The maximum absolute atomic E-state index is 13.5. The first-order valence-corrected chi connectivity index (χ1v) is 13.6. The van der Waals surface area contributed by atoms with E-state index in [1.165, 1.54) is 0 Å². The van der Waals surface area contributed by atoms with Crippen LogP contribution in [0, 0.1) is 5.92 Å². The van der Waals surface area contributed by atoms with Crippen LogP contribution in [-0.2, 0) is 35.2 Å². The molecule has 1 aromatic carbocycles. The van der Waals surface area contributed by atoms with Gasteiger partial charge in [0.25, 0.3) is 0 Å². The maximum Gasteiger partial charge on any atom is 0.305 e. The van der Waals surface area contributed by atoms with Gasteiger partial charge in [-0.3, -0.25) is 33.8 Å². The van der Waals surface area contributed by atoms with E-state index in [2.05, 4.69) is 31.6 Å². The number of nitrogens with one attached hydrogen (secondary N) is 5. The van der Waals surface area contributed by atoms with Gasteiger partial charge in [0.1, 0.15) is 24.2 Å². The second-order valence-electron chi connectivity index (χ2n) is 10.4. The Hall–Kier alpha value is -4.69. The normalized spacial score (nSPS) is 22.4. The Morgan fingerprint density at radius 1 is 0.881 bits per heavy atom. The van der Waals surface area contributed by atoms with E-state index >= 15 is 0 Å². The van der Waals surface area contributed by atoms with Crippen LogP contribution in [0.3, 0.4) is 0 Å². The van der Waals surface area contributed by atoms with Crippen molar-refractivity contribution in [2.75, 3.05) is 13.1 Å². The van der Waals surface area contributed by atoms with Crippen LogP contribution < -0.4 is 38.1 Å². The highest BCUT2D eigenvalue weighted by atomic mass is 16.4. The van der Waals surface area contributed by atoms with Crippen LogP contribution in [0.5, 0.6) is 0 Å². The van der Waals surface area contributed by atoms with Gasteiger partial charge in [-0.25, -0.2) is 0 Å². The number of nitrogens with two attached hydrogens (primary N) is 2. The summed E-state index contributed by atoms with van der Waals surface area (Å²) in [7, 11) is 0. The number of aliphatic imine (C=N–C) groups is 1. The molecule has 230 valence electrons. The molecule has 1 heterocycles. The van der Waals surface area contributed by atoms with Crippen molar-refractivity contribution in [3.05, 3.63) is 35.9 Å². The smallest absolute Gasteiger partial charge is 0.305 e. The topological polar surface area (TPSA) is 247 Å². The number of carboxylic acid groups (broad SMARTS) is 1. The number of nitrogens with zero attached hydrogens (tertiary/aromatic N) is 1. The number of amides is 5. The second kappa shape index (κ2) is 16.5. The van der Waals surface area contributed by atoms with Crippen molar-refractivity contribution in [2.45, 2.75) is 70.1 Å². The van der Waals surface area contributed by atoms with E-state index < -0.39 is 72.6 Å². The first-order valence-electron chi connectivity index (χ1n) is 13.6. The lowest BCUT2D eigenvalue weighted by Gasteiger charge is -2.26. The molecule has 10 N–H and O–H groups in total. The van der Waals surface area contributed by atoms with Crippen molar-refractivity contribution < 1.29 is 33.9 Å². The molecule has 1 saturated heterocycles. The fourth-order valence-electron chi connectivity index (χ4n) is 4.27. The Morgan fingerprint density at radius 2 is 1.48 bits per heavy atom. The number of carbonyl (C=O) groups is 6. The van der Waals surface area contributed by atoms with E-state index in [1.54, 1.807) is 30.3 Å². The number of carboxylic acids is 1. The van der Waals surface area contributed by atoms with Gasteiger partial charge < -0.3 is 43.2 Å². The van der Waals surface area contributed by atoms with Crippen molar-refractivity contribution in [1.29, 1.82) is 0 Å². The quantitative estimate of drug-likeness (QED) is 0.0843. The van der Waals surface area contributed by atoms with Gasteiger partial charge in [0.05, 0.1) is 13.0 Å². The highest BCUT2D eigenvalue weighted by molar-refractivity contribution is 5.98. The average Bonchev–Trinajstić information content (AvgIpc) is 2.91. The summed E-state index contributed by atoms with van der Waals surface area (Å²) in [5.74, 6) is -5.32. The minimum Gasteiger partial charge on any atom is -0.481 e. The van der Waals surface area contributed by atoms with E-state index in [-0.39, 0.29) is 37.7 Å². The van der Waals surface area contributed by atoms with E-state index in [1.807, 2.05) is 13.8 Å². The lowest BCUT2D eigenvalue weighted by Crippen LogP contribution is -2.58. The number of hydrogen-bond acceptors (Lipinski definition) is 7. The summed E-state index contributed by atoms with van der Waals surface area (Å²) in [4.78, 5) is 81.0. The number of guanidine groups is 1. The summed E-state index contributed by atoms with van der Waals surface area (Å²) in [6, 6.07) is 3.85. The summed E-state index contributed by atoms with van der Waals surface area (Å²) in [5.41, 5.74) is 11.4. The zero-order chi connectivity index (χ0) is 31.2. The zero-order valence-corrected chi connectivity index (χ0v) is 23.7. The summed E-state index contributed by atoms with van der Waals surface area (Å²) in [6.45, 7) is 3.29. The number of rotatable bonds is 10. The van der Waals surface area contributed by atoms with Crippen LogP contribution in [-0.4, -0.2) is 83.8 Å². The number of carbonyl (C=O) groups excluding carboxylic acids is 5. The number of benzene rings is 1. The molecule has 0 radical (unpaired) electrons. The van der Waals surface area contributed by atoms with E-state index in [0.717, 1.165) is 0 Å². The standard InChI is InChI=1S/C27H40N8O7/c1-15(2)11-18-25(41)34-19(12-16-7-4-3-5-8-16)26(42)35-20(13-22(37)38)23(39)31-14-21(36)32-17(24(40)33-18)9-6-10-30-27(28)29/h3-5,7-8,15,17-20H,6,9-14H2,1-2H3,(H,31,39)(H,32,36)(H,33,40)(H,34,41)(H,35,42)(H,37,38)(H4,28,29,30)/t17?,18-,19-,20-/m1/s1. The molecule has 0 aromatic heterocycles. The van der Waals surface area contributed by atoms with Crippen molar-refractivity contribution in [3.8, 4) is 0 Å². The van der Waals surface area contributed by atoms with Crippen LogP contribution >= 0.6 is 0 Å². The van der Waals surface area contributed by atoms with Gasteiger partial charge in [0.15, 0.2) is 5.96 Å². The molecule has 15 nitrogen and oxygen atoms in total. The SMILES string of the molecule is CC(C)C[C@H]1NC(=O)C(CCCN=C(N)N)NC(=O)CNC(=O)[C@@H](CC(=O)O)NC(=O)[C@@H](Cc2ccccc2)NC1=O. The fraction of sp³-hybridized carbons (Fsp3) is 0.519. The molecule has 1 aromatic rings. The Kier molecular flexibility index (Phi) is 13.2. The molecular formula is C27H40N8O7. The summed E-state index contributed by atoms with van der Waals surface area (Å²) in [5, 5.41) is 21.9. The first kappa shape index (κ1) is 33.5. The third-order valence-corrected chi connectivity index (χ3v) is 6.29. The predicted octanol–water partition coefficient (Wildman–Crippen LogP) is -2.13. The minimum atomic E-state index is -1.54. The van der Waals surface area contributed by atoms with Crippen molar-refractivity contribution in [3.63, 3.8) is 0 Å². The van der Waals surface area contributed by atoms with Crippen LogP contribution in [0.2, 0.25) is 0 Å². The van der Waals surface area contributed by atoms with Gasteiger partial charge in [-0.05, 0) is 30.7 Å².